The molecular formula is C13H23NO. The number of nitrogens with one attached hydrogen (secondary N) is 1. The van der Waals surface area contributed by atoms with Gasteiger partial charge in [-0.15, -0.1) is 6.42 Å². The fourth-order valence-corrected chi connectivity index (χ4v) is 2.61. The average Bonchev–Trinajstić information content (AvgIpc) is 2.26. The monoisotopic (exact) mass is 209 g/mol. The van der Waals surface area contributed by atoms with Gasteiger partial charge in [0.15, 0.2) is 0 Å². The van der Waals surface area contributed by atoms with Crippen LogP contribution in [0.5, 0.6) is 0 Å². The summed E-state index contributed by atoms with van der Waals surface area (Å²) in [5.74, 6) is 3.44. The first-order valence-corrected chi connectivity index (χ1v) is 6.00. The van der Waals surface area contributed by atoms with E-state index in [1.165, 1.54) is 12.8 Å². The van der Waals surface area contributed by atoms with E-state index in [0.717, 1.165) is 19.3 Å². The largest absolute Gasteiger partial charge is 0.394 e. The van der Waals surface area contributed by atoms with Crippen LogP contribution in [0.2, 0.25) is 0 Å². The topological polar surface area (TPSA) is 32.3 Å². The van der Waals surface area contributed by atoms with Crippen LogP contribution in [0.1, 0.15) is 46.0 Å². The zero-order valence-corrected chi connectivity index (χ0v) is 9.92. The van der Waals surface area contributed by atoms with Crippen molar-refractivity contribution in [2.24, 2.45) is 5.92 Å². The number of hydrogen-bond acceptors (Lipinski definition) is 2. The SMILES string of the molecule is C#CC(CC)NC1(CO)CCCC(C)C1. The lowest BCUT2D eigenvalue weighted by molar-refractivity contribution is 0.0939. The Morgan fingerprint density at radius 1 is 1.67 bits per heavy atom. The molecule has 0 aromatic rings. The van der Waals surface area contributed by atoms with Crippen molar-refractivity contribution in [2.45, 2.75) is 57.5 Å². The molecular weight excluding hydrogens is 186 g/mol. The third kappa shape index (κ3) is 3.22. The van der Waals surface area contributed by atoms with E-state index in [1.54, 1.807) is 0 Å². The van der Waals surface area contributed by atoms with E-state index in [0.29, 0.717) is 5.92 Å². The summed E-state index contributed by atoms with van der Waals surface area (Å²) >= 11 is 0. The van der Waals surface area contributed by atoms with Gasteiger partial charge in [0, 0.05) is 5.54 Å². The minimum atomic E-state index is -0.120. The highest BCUT2D eigenvalue weighted by atomic mass is 16.3. The minimum Gasteiger partial charge on any atom is -0.394 e. The van der Waals surface area contributed by atoms with E-state index >= 15 is 0 Å². The Bertz CT molecular complexity index is 233. The Kier molecular flexibility index (Phi) is 4.63. The molecule has 1 saturated carbocycles. The molecule has 1 rings (SSSR count). The summed E-state index contributed by atoms with van der Waals surface area (Å²) in [5, 5.41) is 13.0. The van der Waals surface area contributed by atoms with Crippen LogP contribution in [0.25, 0.3) is 0 Å². The second-order valence-electron chi connectivity index (χ2n) is 4.91. The summed E-state index contributed by atoms with van der Waals surface area (Å²) in [6.07, 6.45) is 10.9. The van der Waals surface area contributed by atoms with Crippen molar-refractivity contribution < 1.29 is 5.11 Å². The molecule has 0 radical (unpaired) electrons. The van der Waals surface area contributed by atoms with Gasteiger partial charge >= 0.3 is 0 Å². The fourth-order valence-electron chi connectivity index (χ4n) is 2.61. The summed E-state index contributed by atoms with van der Waals surface area (Å²) < 4.78 is 0. The van der Waals surface area contributed by atoms with Crippen LogP contribution in [0.15, 0.2) is 0 Å². The molecule has 0 bridgehead atoms. The third-order valence-corrected chi connectivity index (χ3v) is 3.48. The number of aliphatic hydroxyl groups excluding tert-OH is 1. The first-order valence-electron chi connectivity index (χ1n) is 6.00. The van der Waals surface area contributed by atoms with Crippen LogP contribution < -0.4 is 5.32 Å². The first-order chi connectivity index (χ1) is 7.15. The molecule has 2 nitrogen and oxygen atoms in total. The molecule has 0 aromatic heterocycles. The molecule has 2 heteroatoms. The maximum absolute atomic E-state index is 9.57. The van der Waals surface area contributed by atoms with Crippen LogP contribution in [0.4, 0.5) is 0 Å². The predicted molar refractivity (Wildman–Crippen MR) is 63.5 cm³/mol. The van der Waals surface area contributed by atoms with E-state index in [1.807, 2.05) is 0 Å². The van der Waals surface area contributed by atoms with Crippen molar-refractivity contribution in [2.75, 3.05) is 6.61 Å². The molecule has 2 N–H and O–H groups in total. The predicted octanol–water partition coefficient (Wildman–Crippen LogP) is 1.93. The second kappa shape index (κ2) is 5.53. The fraction of sp³-hybridized carbons (Fsp3) is 0.846. The highest BCUT2D eigenvalue weighted by molar-refractivity contribution is 5.04. The zero-order chi connectivity index (χ0) is 11.3. The average molecular weight is 209 g/mol. The van der Waals surface area contributed by atoms with Crippen molar-refractivity contribution in [3.63, 3.8) is 0 Å². The van der Waals surface area contributed by atoms with Gasteiger partial charge in [0.1, 0.15) is 0 Å². The number of hydrogen-bond donors (Lipinski definition) is 2. The van der Waals surface area contributed by atoms with Gasteiger partial charge in [-0.1, -0.05) is 32.6 Å². The lowest BCUT2D eigenvalue weighted by atomic mass is 9.76. The summed E-state index contributed by atoms with van der Waals surface area (Å²) in [6.45, 7) is 4.53. The van der Waals surface area contributed by atoms with Crippen molar-refractivity contribution in [3.05, 3.63) is 0 Å². The standard InChI is InChI=1S/C13H23NO/c1-4-12(5-2)14-13(10-15)8-6-7-11(3)9-13/h1,11-12,14-15H,5-10H2,2-3H3. The summed E-state index contributed by atoms with van der Waals surface area (Å²) in [5.41, 5.74) is -0.120. The molecule has 1 aliphatic rings. The summed E-state index contributed by atoms with van der Waals surface area (Å²) in [7, 11) is 0. The molecule has 1 fully saturated rings. The molecule has 0 aromatic carbocycles. The first kappa shape index (κ1) is 12.5. The van der Waals surface area contributed by atoms with Crippen LogP contribution in [0, 0.1) is 18.3 Å². The Morgan fingerprint density at radius 3 is 2.87 bits per heavy atom. The molecule has 3 atom stereocenters. The van der Waals surface area contributed by atoms with E-state index in [4.69, 9.17) is 6.42 Å². The summed E-state index contributed by atoms with van der Waals surface area (Å²) in [4.78, 5) is 0. The van der Waals surface area contributed by atoms with Gasteiger partial charge in [-0.05, 0) is 25.2 Å². The Balaban J connectivity index is 2.63. The molecule has 86 valence electrons. The van der Waals surface area contributed by atoms with Gasteiger partial charge in [0.2, 0.25) is 0 Å². The lowest BCUT2D eigenvalue weighted by Gasteiger charge is -2.41. The normalized spacial score (nSPS) is 33.3. The van der Waals surface area contributed by atoms with E-state index in [9.17, 15) is 5.11 Å². The second-order valence-corrected chi connectivity index (χ2v) is 4.91. The van der Waals surface area contributed by atoms with E-state index in [-0.39, 0.29) is 18.2 Å². The van der Waals surface area contributed by atoms with Crippen LogP contribution >= 0.6 is 0 Å². The van der Waals surface area contributed by atoms with Gasteiger partial charge < -0.3 is 5.11 Å². The van der Waals surface area contributed by atoms with Gasteiger partial charge in [0.05, 0.1) is 12.6 Å². The van der Waals surface area contributed by atoms with Crippen molar-refractivity contribution in [3.8, 4) is 12.3 Å². The summed E-state index contributed by atoms with van der Waals surface area (Å²) in [6, 6.07) is 0.0995. The molecule has 1 aliphatic carbocycles. The van der Waals surface area contributed by atoms with Crippen LogP contribution in [-0.2, 0) is 0 Å². The molecule has 0 saturated heterocycles. The minimum absolute atomic E-state index is 0.0995. The molecule has 0 spiro atoms. The van der Waals surface area contributed by atoms with E-state index in [2.05, 4.69) is 25.1 Å². The van der Waals surface area contributed by atoms with E-state index < -0.39 is 0 Å². The Labute approximate surface area is 93.5 Å². The van der Waals surface area contributed by atoms with Crippen LogP contribution in [-0.4, -0.2) is 23.3 Å². The van der Waals surface area contributed by atoms with Crippen molar-refractivity contribution >= 4 is 0 Å². The number of terminal acetylenes is 1. The lowest BCUT2D eigenvalue weighted by Crippen LogP contribution is -2.54. The van der Waals surface area contributed by atoms with Crippen LogP contribution in [0.3, 0.4) is 0 Å². The van der Waals surface area contributed by atoms with Gasteiger partial charge in [-0.3, -0.25) is 5.32 Å². The highest BCUT2D eigenvalue weighted by Gasteiger charge is 2.35. The smallest absolute Gasteiger partial charge is 0.0689 e. The molecule has 0 aliphatic heterocycles. The van der Waals surface area contributed by atoms with Gasteiger partial charge in [-0.25, -0.2) is 0 Å². The molecule has 3 unspecified atom stereocenters. The zero-order valence-electron chi connectivity index (χ0n) is 9.92. The van der Waals surface area contributed by atoms with Crippen molar-refractivity contribution in [1.82, 2.24) is 5.32 Å². The van der Waals surface area contributed by atoms with Crippen molar-refractivity contribution in [1.29, 1.82) is 0 Å². The maximum atomic E-state index is 9.57. The molecule has 0 heterocycles. The molecule has 0 amide bonds. The maximum Gasteiger partial charge on any atom is 0.0689 e. The quantitative estimate of drug-likeness (QED) is 0.693. The van der Waals surface area contributed by atoms with Gasteiger partial charge in [-0.2, -0.15) is 0 Å². The Hall–Kier alpha value is -0.520. The Morgan fingerprint density at radius 2 is 2.40 bits per heavy atom. The van der Waals surface area contributed by atoms with Gasteiger partial charge in [0.25, 0.3) is 0 Å². The molecule has 15 heavy (non-hydrogen) atoms. The number of rotatable bonds is 4. The highest BCUT2D eigenvalue weighted by Crippen LogP contribution is 2.32. The number of aliphatic hydroxyl groups is 1. The third-order valence-electron chi connectivity index (χ3n) is 3.48.